The minimum Gasteiger partial charge on any atom is -0.338 e. The normalized spacial score (nSPS) is 26.5. The van der Waals surface area contributed by atoms with Crippen LogP contribution >= 0.6 is 0 Å². The summed E-state index contributed by atoms with van der Waals surface area (Å²) < 4.78 is 26.1. The van der Waals surface area contributed by atoms with E-state index in [0.29, 0.717) is 6.54 Å². The van der Waals surface area contributed by atoms with Crippen molar-refractivity contribution in [1.29, 1.82) is 5.26 Å². The molecule has 0 heterocycles. The topological polar surface area (TPSA) is 44.1 Å². The zero-order valence-electron chi connectivity index (χ0n) is 9.66. The number of alkyl halides is 2. The second kappa shape index (κ2) is 4.59. The molecule has 2 aliphatic rings. The van der Waals surface area contributed by atoms with Gasteiger partial charge in [-0.2, -0.15) is 5.26 Å². The van der Waals surface area contributed by atoms with Gasteiger partial charge in [0, 0.05) is 31.3 Å². The number of carbonyl (C=O) groups is 1. The lowest BCUT2D eigenvalue weighted by Crippen LogP contribution is -2.38. The highest BCUT2D eigenvalue weighted by Gasteiger charge is 2.45. The Bertz CT molecular complexity index is 347. The van der Waals surface area contributed by atoms with Gasteiger partial charge in [0.25, 0.3) is 0 Å². The minimum absolute atomic E-state index is 0.167. The maximum absolute atomic E-state index is 13.1. The Morgan fingerprint density at radius 1 is 1.41 bits per heavy atom. The molecule has 0 spiro atoms. The SMILES string of the molecule is N#CCCN(C(=O)C1CCC(F)(F)C1)C1CC1. The number of halogens is 2. The average Bonchev–Trinajstić information content (AvgIpc) is 3.03. The molecule has 0 saturated heterocycles. The average molecular weight is 242 g/mol. The standard InChI is InChI=1S/C12H16F2N2O/c13-12(14)5-4-9(8-12)11(17)16(7-1-6-15)10-2-3-10/h9-10H,1-5,7-8H2. The van der Waals surface area contributed by atoms with E-state index < -0.39 is 11.8 Å². The number of hydrogen-bond acceptors (Lipinski definition) is 2. The summed E-state index contributed by atoms with van der Waals surface area (Å²) in [5.41, 5.74) is 0. The van der Waals surface area contributed by atoms with Gasteiger partial charge in [0.1, 0.15) is 0 Å². The monoisotopic (exact) mass is 242 g/mol. The summed E-state index contributed by atoms with van der Waals surface area (Å²) in [6.07, 6.45) is 1.95. The molecule has 2 aliphatic carbocycles. The van der Waals surface area contributed by atoms with E-state index in [-0.39, 0.29) is 37.6 Å². The van der Waals surface area contributed by atoms with Crippen LogP contribution in [0.3, 0.4) is 0 Å². The number of hydrogen-bond donors (Lipinski definition) is 0. The maximum Gasteiger partial charge on any atom is 0.248 e. The summed E-state index contributed by atoms with van der Waals surface area (Å²) in [7, 11) is 0. The van der Waals surface area contributed by atoms with Gasteiger partial charge in [-0.1, -0.05) is 0 Å². The Hall–Kier alpha value is -1.18. The van der Waals surface area contributed by atoms with Gasteiger partial charge in [-0.05, 0) is 19.3 Å². The van der Waals surface area contributed by atoms with Gasteiger partial charge < -0.3 is 4.90 Å². The van der Waals surface area contributed by atoms with Crippen LogP contribution in [0.15, 0.2) is 0 Å². The van der Waals surface area contributed by atoms with Crippen molar-refractivity contribution in [2.75, 3.05) is 6.54 Å². The molecule has 0 aromatic heterocycles. The molecule has 0 aromatic carbocycles. The van der Waals surface area contributed by atoms with E-state index in [4.69, 9.17) is 5.26 Å². The Balaban J connectivity index is 1.95. The molecule has 1 atom stereocenters. The third-order valence-electron chi connectivity index (χ3n) is 3.49. The maximum atomic E-state index is 13.1. The Morgan fingerprint density at radius 3 is 2.59 bits per heavy atom. The van der Waals surface area contributed by atoms with Crippen molar-refractivity contribution in [2.24, 2.45) is 5.92 Å². The molecule has 0 bridgehead atoms. The van der Waals surface area contributed by atoms with Gasteiger partial charge in [-0.3, -0.25) is 4.79 Å². The van der Waals surface area contributed by atoms with Crippen molar-refractivity contribution in [3.8, 4) is 6.07 Å². The van der Waals surface area contributed by atoms with E-state index >= 15 is 0 Å². The first-order valence-electron chi connectivity index (χ1n) is 6.09. The van der Waals surface area contributed by atoms with Crippen molar-refractivity contribution in [3.05, 3.63) is 0 Å². The Morgan fingerprint density at radius 2 is 2.12 bits per heavy atom. The summed E-state index contributed by atoms with van der Waals surface area (Å²) in [4.78, 5) is 13.8. The predicted molar refractivity (Wildman–Crippen MR) is 57.3 cm³/mol. The summed E-state index contributed by atoms with van der Waals surface area (Å²) in [5, 5.41) is 8.54. The molecule has 5 heteroatoms. The molecule has 1 amide bonds. The largest absolute Gasteiger partial charge is 0.338 e. The van der Waals surface area contributed by atoms with Crippen LogP contribution < -0.4 is 0 Å². The lowest BCUT2D eigenvalue weighted by molar-refractivity contribution is -0.136. The van der Waals surface area contributed by atoms with E-state index in [1.54, 1.807) is 4.90 Å². The van der Waals surface area contributed by atoms with Crippen molar-refractivity contribution in [3.63, 3.8) is 0 Å². The molecule has 2 saturated carbocycles. The first-order valence-corrected chi connectivity index (χ1v) is 6.09. The number of amides is 1. The molecule has 2 rings (SSSR count). The lowest BCUT2D eigenvalue weighted by atomic mass is 10.1. The highest BCUT2D eigenvalue weighted by Crippen LogP contribution is 2.41. The fourth-order valence-corrected chi connectivity index (χ4v) is 2.42. The smallest absolute Gasteiger partial charge is 0.248 e. The summed E-state index contributed by atoms with van der Waals surface area (Å²) in [5.74, 6) is -3.38. The second-order valence-electron chi connectivity index (χ2n) is 4.97. The van der Waals surface area contributed by atoms with E-state index in [9.17, 15) is 13.6 Å². The van der Waals surface area contributed by atoms with Crippen LogP contribution in [0.5, 0.6) is 0 Å². The van der Waals surface area contributed by atoms with Crippen LogP contribution in [0.25, 0.3) is 0 Å². The van der Waals surface area contributed by atoms with E-state index in [1.165, 1.54) is 0 Å². The quantitative estimate of drug-likeness (QED) is 0.759. The van der Waals surface area contributed by atoms with E-state index in [1.807, 2.05) is 6.07 Å². The Labute approximate surface area is 99.4 Å². The lowest BCUT2D eigenvalue weighted by Gasteiger charge is -2.24. The third kappa shape index (κ3) is 2.93. The third-order valence-corrected chi connectivity index (χ3v) is 3.49. The molecule has 94 valence electrons. The van der Waals surface area contributed by atoms with Gasteiger partial charge in [0.05, 0.1) is 12.5 Å². The first kappa shape index (κ1) is 12.3. The summed E-state index contributed by atoms with van der Waals surface area (Å²) >= 11 is 0. The molecule has 3 nitrogen and oxygen atoms in total. The molecular weight excluding hydrogens is 226 g/mol. The van der Waals surface area contributed by atoms with Gasteiger partial charge in [0.2, 0.25) is 11.8 Å². The molecule has 17 heavy (non-hydrogen) atoms. The highest BCUT2D eigenvalue weighted by molar-refractivity contribution is 5.80. The van der Waals surface area contributed by atoms with Crippen LogP contribution in [0, 0.1) is 17.2 Å². The Kier molecular flexibility index (Phi) is 3.32. The van der Waals surface area contributed by atoms with E-state index in [0.717, 1.165) is 12.8 Å². The molecule has 2 fully saturated rings. The van der Waals surface area contributed by atoms with Gasteiger partial charge in [0.15, 0.2) is 0 Å². The van der Waals surface area contributed by atoms with Gasteiger partial charge in [-0.25, -0.2) is 8.78 Å². The molecule has 0 aliphatic heterocycles. The first-order chi connectivity index (χ1) is 8.03. The molecule has 0 radical (unpaired) electrons. The number of rotatable bonds is 4. The molecule has 0 N–H and O–H groups in total. The van der Waals surface area contributed by atoms with Gasteiger partial charge >= 0.3 is 0 Å². The minimum atomic E-state index is -2.68. The van der Waals surface area contributed by atoms with E-state index in [2.05, 4.69) is 0 Å². The van der Waals surface area contributed by atoms with Crippen LogP contribution in [0.4, 0.5) is 8.78 Å². The van der Waals surface area contributed by atoms with Crippen molar-refractivity contribution >= 4 is 5.91 Å². The van der Waals surface area contributed by atoms with Crippen LogP contribution in [0.1, 0.15) is 38.5 Å². The second-order valence-corrected chi connectivity index (χ2v) is 4.97. The summed E-state index contributed by atoms with van der Waals surface area (Å²) in [6, 6.07) is 2.20. The van der Waals surface area contributed by atoms with Crippen molar-refractivity contribution in [2.45, 2.75) is 50.5 Å². The van der Waals surface area contributed by atoms with Crippen molar-refractivity contribution in [1.82, 2.24) is 4.90 Å². The van der Waals surface area contributed by atoms with Crippen molar-refractivity contribution < 1.29 is 13.6 Å². The van der Waals surface area contributed by atoms with Gasteiger partial charge in [-0.15, -0.1) is 0 Å². The number of nitriles is 1. The fourth-order valence-electron chi connectivity index (χ4n) is 2.42. The predicted octanol–water partition coefficient (Wildman–Crippen LogP) is 2.33. The zero-order valence-corrected chi connectivity index (χ0v) is 9.66. The fraction of sp³-hybridized carbons (Fsp3) is 0.833. The molecule has 0 aromatic rings. The number of carbonyl (C=O) groups excluding carboxylic acids is 1. The van der Waals surface area contributed by atoms with Crippen LogP contribution in [-0.4, -0.2) is 29.3 Å². The molecule has 1 unspecified atom stereocenters. The molecular formula is C12H16F2N2O. The number of nitrogens with zero attached hydrogens (tertiary/aromatic N) is 2. The van der Waals surface area contributed by atoms with Crippen LogP contribution in [-0.2, 0) is 4.79 Å². The summed E-state index contributed by atoms with van der Waals surface area (Å²) in [6.45, 7) is 0.391. The highest BCUT2D eigenvalue weighted by atomic mass is 19.3. The van der Waals surface area contributed by atoms with Crippen LogP contribution in [0.2, 0.25) is 0 Å². The zero-order chi connectivity index (χ0) is 12.5.